The third kappa shape index (κ3) is 3.59. The summed E-state index contributed by atoms with van der Waals surface area (Å²) in [4.78, 5) is 23.6. The molecule has 2 amide bonds. The zero-order valence-electron chi connectivity index (χ0n) is 12.7. The minimum atomic E-state index is -3.02. The summed E-state index contributed by atoms with van der Waals surface area (Å²) in [5, 5.41) is 6.31. The van der Waals surface area contributed by atoms with E-state index in [-0.39, 0.29) is 28.4 Å². The molecule has 0 saturated carbocycles. The van der Waals surface area contributed by atoms with Gasteiger partial charge in [-0.2, -0.15) is 13.9 Å². The highest BCUT2D eigenvalue weighted by atomic mass is 19.3. The number of methoxy groups -OCH3 is 1. The number of anilines is 1. The number of benzene rings is 1. The second kappa shape index (κ2) is 6.94. The monoisotopic (exact) mass is 340 g/mol. The van der Waals surface area contributed by atoms with E-state index in [1.54, 1.807) is 0 Å². The average Bonchev–Trinajstić information content (AvgIpc) is 2.87. The van der Waals surface area contributed by atoms with Crippen molar-refractivity contribution < 1.29 is 27.8 Å². The van der Waals surface area contributed by atoms with Gasteiger partial charge in [-0.15, -0.1) is 0 Å². The average molecular weight is 340 g/mol. The summed E-state index contributed by atoms with van der Waals surface area (Å²) in [5.74, 6) is -1.61. The molecule has 1 aromatic heterocycles. The minimum Gasteiger partial charge on any atom is -0.493 e. The molecule has 0 fully saturated rings. The van der Waals surface area contributed by atoms with Gasteiger partial charge in [0.15, 0.2) is 11.5 Å². The summed E-state index contributed by atoms with van der Waals surface area (Å²) in [6.07, 6.45) is 1.27. The maximum Gasteiger partial charge on any atom is 0.387 e. The van der Waals surface area contributed by atoms with Crippen LogP contribution in [-0.2, 0) is 7.05 Å². The molecule has 8 nitrogen and oxygen atoms in total. The number of nitrogens with zero attached hydrogens (tertiary/aromatic N) is 2. The largest absolute Gasteiger partial charge is 0.493 e. The molecule has 0 aliphatic carbocycles. The third-order valence-corrected chi connectivity index (χ3v) is 3.06. The maximum atomic E-state index is 12.3. The lowest BCUT2D eigenvalue weighted by Crippen LogP contribution is -2.20. The number of nitrogens with two attached hydrogens (primary N) is 1. The van der Waals surface area contributed by atoms with Gasteiger partial charge in [0.25, 0.3) is 11.8 Å². The molecular weight excluding hydrogens is 326 g/mol. The molecule has 2 rings (SSSR count). The first-order valence-corrected chi connectivity index (χ1v) is 6.59. The van der Waals surface area contributed by atoms with Gasteiger partial charge in [-0.05, 0) is 18.2 Å². The molecule has 0 aliphatic heterocycles. The van der Waals surface area contributed by atoms with Crippen molar-refractivity contribution in [3.63, 3.8) is 0 Å². The van der Waals surface area contributed by atoms with Crippen molar-refractivity contribution in [2.45, 2.75) is 6.61 Å². The molecule has 10 heteroatoms. The zero-order chi connectivity index (χ0) is 17.9. The second-order valence-corrected chi connectivity index (χ2v) is 4.59. The van der Waals surface area contributed by atoms with E-state index >= 15 is 0 Å². The number of primary amides is 1. The number of halogens is 2. The maximum absolute atomic E-state index is 12.3. The molecule has 0 bridgehead atoms. The Morgan fingerprint density at radius 3 is 2.62 bits per heavy atom. The van der Waals surface area contributed by atoms with Crippen molar-refractivity contribution in [1.82, 2.24) is 9.78 Å². The van der Waals surface area contributed by atoms with Crippen LogP contribution >= 0.6 is 0 Å². The number of rotatable bonds is 6. The number of hydrogen-bond donors (Lipinski definition) is 2. The quantitative estimate of drug-likeness (QED) is 0.826. The lowest BCUT2D eigenvalue weighted by molar-refractivity contribution is -0.0512. The Bertz CT molecular complexity index is 776. The van der Waals surface area contributed by atoms with Gasteiger partial charge in [-0.3, -0.25) is 14.3 Å². The van der Waals surface area contributed by atoms with Crippen LogP contribution < -0.4 is 20.5 Å². The third-order valence-electron chi connectivity index (χ3n) is 3.06. The Hall–Kier alpha value is -3.17. The fourth-order valence-corrected chi connectivity index (χ4v) is 2.02. The standard InChI is InChI=1S/C14H14F2N4O4/c1-20-11(12(17)21)8(6-18-20)19-13(22)7-3-4-9(24-14(15)16)10(5-7)23-2/h3-6,14H,1-2H3,(H2,17,21)(H,19,22). The highest BCUT2D eigenvalue weighted by Gasteiger charge is 2.18. The lowest BCUT2D eigenvalue weighted by atomic mass is 10.2. The molecular formula is C14H14F2N4O4. The van der Waals surface area contributed by atoms with E-state index in [9.17, 15) is 18.4 Å². The predicted molar refractivity (Wildman–Crippen MR) is 79.3 cm³/mol. The molecule has 128 valence electrons. The predicted octanol–water partition coefficient (Wildman–Crippen LogP) is 1.38. The number of hydrogen-bond acceptors (Lipinski definition) is 5. The summed E-state index contributed by atoms with van der Waals surface area (Å²) in [6, 6.07) is 3.68. The van der Waals surface area contributed by atoms with Crippen LogP contribution in [0.3, 0.4) is 0 Å². The molecule has 0 spiro atoms. The van der Waals surface area contributed by atoms with Crippen molar-refractivity contribution in [3.8, 4) is 11.5 Å². The van der Waals surface area contributed by atoms with Crippen molar-refractivity contribution in [3.05, 3.63) is 35.7 Å². The van der Waals surface area contributed by atoms with Gasteiger partial charge in [-0.1, -0.05) is 0 Å². The Labute approximate surface area is 135 Å². The second-order valence-electron chi connectivity index (χ2n) is 4.59. The van der Waals surface area contributed by atoms with Crippen LogP contribution in [0.15, 0.2) is 24.4 Å². The summed E-state index contributed by atoms with van der Waals surface area (Å²) in [7, 11) is 2.75. The van der Waals surface area contributed by atoms with Crippen LogP contribution in [0, 0.1) is 0 Å². The highest BCUT2D eigenvalue weighted by molar-refractivity contribution is 6.08. The lowest BCUT2D eigenvalue weighted by Gasteiger charge is -2.11. The fraction of sp³-hybridized carbons (Fsp3) is 0.214. The highest BCUT2D eigenvalue weighted by Crippen LogP contribution is 2.29. The van der Waals surface area contributed by atoms with E-state index in [2.05, 4.69) is 15.2 Å². The SMILES string of the molecule is COc1cc(C(=O)Nc2cnn(C)c2C(N)=O)ccc1OC(F)F. The Morgan fingerprint density at radius 1 is 1.33 bits per heavy atom. The first-order valence-electron chi connectivity index (χ1n) is 6.59. The van der Waals surface area contributed by atoms with Crippen molar-refractivity contribution in [2.24, 2.45) is 12.8 Å². The van der Waals surface area contributed by atoms with Crippen LogP contribution in [0.5, 0.6) is 11.5 Å². The van der Waals surface area contributed by atoms with Gasteiger partial charge in [0, 0.05) is 12.6 Å². The van der Waals surface area contributed by atoms with E-state index in [1.807, 2.05) is 0 Å². The van der Waals surface area contributed by atoms with Gasteiger partial charge in [0.05, 0.1) is 19.0 Å². The van der Waals surface area contributed by atoms with Crippen LogP contribution in [0.2, 0.25) is 0 Å². The fourth-order valence-electron chi connectivity index (χ4n) is 2.02. The number of ether oxygens (including phenoxy) is 2. The molecule has 3 N–H and O–H groups in total. The molecule has 24 heavy (non-hydrogen) atoms. The first kappa shape index (κ1) is 17.2. The first-order chi connectivity index (χ1) is 11.3. The molecule has 0 aliphatic rings. The van der Waals surface area contributed by atoms with Gasteiger partial charge < -0.3 is 20.5 Å². The van der Waals surface area contributed by atoms with E-state index in [0.717, 1.165) is 0 Å². The van der Waals surface area contributed by atoms with E-state index in [0.29, 0.717) is 0 Å². The van der Waals surface area contributed by atoms with E-state index in [4.69, 9.17) is 10.5 Å². The topological polar surface area (TPSA) is 108 Å². The number of aryl methyl sites for hydroxylation is 1. The number of aromatic nitrogens is 2. The summed E-state index contributed by atoms with van der Waals surface area (Å²) in [5.41, 5.74) is 5.48. The molecule has 1 heterocycles. The van der Waals surface area contributed by atoms with E-state index in [1.165, 1.54) is 43.2 Å². The number of alkyl halides is 2. The van der Waals surface area contributed by atoms with Crippen LogP contribution in [0.1, 0.15) is 20.8 Å². The number of carbonyl (C=O) groups is 2. The number of nitrogens with one attached hydrogen (secondary N) is 1. The Morgan fingerprint density at radius 2 is 2.04 bits per heavy atom. The summed E-state index contributed by atoms with van der Waals surface area (Å²) in [6.45, 7) is -3.02. The van der Waals surface area contributed by atoms with Gasteiger partial charge in [0.1, 0.15) is 5.69 Å². The Kier molecular flexibility index (Phi) is 4.97. The van der Waals surface area contributed by atoms with E-state index < -0.39 is 18.4 Å². The Balaban J connectivity index is 2.26. The van der Waals surface area contributed by atoms with Crippen molar-refractivity contribution in [1.29, 1.82) is 0 Å². The van der Waals surface area contributed by atoms with Crippen LogP contribution in [-0.4, -0.2) is 35.3 Å². The zero-order valence-corrected chi connectivity index (χ0v) is 12.7. The van der Waals surface area contributed by atoms with Gasteiger partial charge in [-0.25, -0.2) is 0 Å². The molecule has 0 unspecified atom stereocenters. The molecule has 2 aromatic rings. The van der Waals surface area contributed by atoms with Gasteiger partial charge >= 0.3 is 6.61 Å². The van der Waals surface area contributed by atoms with Crippen LogP contribution in [0.25, 0.3) is 0 Å². The molecule has 1 aromatic carbocycles. The van der Waals surface area contributed by atoms with Crippen molar-refractivity contribution in [2.75, 3.05) is 12.4 Å². The normalized spacial score (nSPS) is 10.5. The molecule has 0 atom stereocenters. The molecule has 0 radical (unpaired) electrons. The molecule has 0 saturated heterocycles. The van der Waals surface area contributed by atoms with Crippen molar-refractivity contribution >= 4 is 17.5 Å². The summed E-state index contributed by atoms with van der Waals surface area (Å²) < 4.78 is 35.0. The smallest absolute Gasteiger partial charge is 0.387 e. The van der Waals surface area contributed by atoms with Gasteiger partial charge in [0.2, 0.25) is 0 Å². The number of amides is 2. The number of carbonyl (C=O) groups excluding carboxylic acids is 2. The van der Waals surface area contributed by atoms with Crippen LogP contribution in [0.4, 0.5) is 14.5 Å². The minimum absolute atomic E-state index is 0.0213. The summed E-state index contributed by atoms with van der Waals surface area (Å²) >= 11 is 0.